The molecule has 0 aromatic heterocycles. The van der Waals surface area contributed by atoms with Gasteiger partial charge >= 0.3 is 0 Å². The smallest absolute Gasteiger partial charge is 0.141 e. The van der Waals surface area contributed by atoms with Gasteiger partial charge in [-0.15, -0.1) is 0 Å². The molecule has 0 fully saturated rings. The van der Waals surface area contributed by atoms with E-state index in [0.717, 1.165) is 24.3 Å². The maximum atomic E-state index is 6.10. The number of hydrogen-bond donors (Lipinski definition) is 1. The standard InChI is InChI=1S/C11H14ClNO/c1-7-4-9-8(6-13)2-3-14-11(9)10(12)5-7/h4-5,8H,2-3,6,13H2,1H3. The van der Waals surface area contributed by atoms with Crippen LogP contribution < -0.4 is 10.5 Å². The summed E-state index contributed by atoms with van der Waals surface area (Å²) in [7, 11) is 0. The number of ether oxygens (including phenoxy) is 1. The molecule has 14 heavy (non-hydrogen) atoms. The fraction of sp³-hybridized carbons (Fsp3) is 0.455. The van der Waals surface area contributed by atoms with E-state index in [1.807, 2.05) is 13.0 Å². The monoisotopic (exact) mass is 211 g/mol. The molecule has 1 aliphatic heterocycles. The second kappa shape index (κ2) is 3.79. The van der Waals surface area contributed by atoms with Gasteiger partial charge in [0.1, 0.15) is 5.75 Å². The number of hydrogen-bond acceptors (Lipinski definition) is 2. The van der Waals surface area contributed by atoms with Crippen molar-refractivity contribution < 1.29 is 4.74 Å². The molecule has 0 aliphatic carbocycles. The van der Waals surface area contributed by atoms with Gasteiger partial charge in [-0.2, -0.15) is 0 Å². The molecule has 1 unspecified atom stereocenters. The van der Waals surface area contributed by atoms with Crippen molar-refractivity contribution in [3.05, 3.63) is 28.3 Å². The lowest BCUT2D eigenvalue weighted by atomic mass is 9.92. The summed E-state index contributed by atoms with van der Waals surface area (Å²) in [5.74, 6) is 1.23. The molecule has 0 saturated heterocycles. The largest absolute Gasteiger partial charge is 0.492 e. The first-order chi connectivity index (χ1) is 6.72. The summed E-state index contributed by atoms with van der Waals surface area (Å²) < 4.78 is 5.55. The van der Waals surface area contributed by atoms with E-state index < -0.39 is 0 Å². The van der Waals surface area contributed by atoms with Crippen molar-refractivity contribution >= 4 is 11.6 Å². The minimum atomic E-state index is 0.399. The Morgan fingerprint density at radius 3 is 3.07 bits per heavy atom. The van der Waals surface area contributed by atoms with E-state index in [4.69, 9.17) is 22.1 Å². The van der Waals surface area contributed by atoms with Crippen molar-refractivity contribution in [1.82, 2.24) is 0 Å². The van der Waals surface area contributed by atoms with E-state index >= 15 is 0 Å². The van der Waals surface area contributed by atoms with Crippen molar-refractivity contribution in [3.63, 3.8) is 0 Å². The highest BCUT2D eigenvalue weighted by Crippen LogP contribution is 2.39. The number of aryl methyl sites for hydroxylation is 1. The Labute approximate surface area is 89.0 Å². The zero-order valence-electron chi connectivity index (χ0n) is 8.22. The molecule has 3 heteroatoms. The van der Waals surface area contributed by atoms with E-state index in [9.17, 15) is 0 Å². The van der Waals surface area contributed by atoms with E-state index in [-0.39, 0.29) is 0 Å². The van der Waals surface area contributed by atoms with Crippen molar-refractivity contribution in [3.8, 4) is 5.75 Å². The average molecular weight is 212 g/mol. The van der Waals surface area contributed by atoms with Crippen LogP contribution in [0, 0.1) is 6.92 Å². The highest BCUT2D eigenvalue weighted by Gasteiger charge is 2.22. The molecule has 0 bridgehead atoms. The minimum Gasteiger partial charge on any atom is -0.492 e. The molecule has 0 amide bonds. The summed E-state index contributed by atoms with van der Waals surface area (Å²) >= 11 is 6.10. The van der Waals surface area contributed by atoms with Gasteiger partial charge in [-0.25, -0.2) is 0 Å². The van der Waals surface area contributed by atoms with Crippen LogP contribution >= 0.6 is 11.6 Å². The van der Waals surface area contributed by atoms with Gasteiger partial charge in [0.15, 0.2) is 0 Å². The molecule has 0 saturated carbocycles. The third kappa shape index (κ3) is 1.60. The Morgan fingerprint density at radius 1 is 1.57 bits per heavy atom. The summed E-state index contributed by atoms with van der Waals surface area (Å²) in [6, 6.07) is 4.05. The lowest BCUT2D eigenvalue weighted by molar-refractivity contribution is 0.269. The minimum absolute atomic E-state index is 0.399. The molecule has 1 aromatic carbocycles. The second-order valence-electron chi connectivity index (χ2n) is 3.73. The van der Waals surface area contributed by atoms with Gasteiger partial charge in [-0.3, -0.25) is 0 Å². The molecule has 1 atom stereocenters. The lowest BCUT2D eigenvalue weighted by Crippen LogP contribution is -2.21. The van der Waals surface area contributed by atoms with Crippen molar-refractivity contribution in [2.24, 2.45) is 5.73 Å². The van der Waals surface area contributed by atoms with Crippen LogP contribution in [-0.2, 0) is 0 Å². The SMILES string of the molecule is Cc1cc(Cl)c2c(c1)C(CN)CCO2. The van der Waals surface area contributed by atoms with Crippen LogP contribution in [0.2, 0.25) is 5.02 Å². The van der Waals surface area contributed by atoms with E-state index in [2.05, 4.69) is 6.07 Å². The fourth-order valence-corrected chi connectivity index (χ4v) is 2.25. The summed E-state index contributed by atoms with van der Waals surface area (Å²) in [6.45, 7) is 3.42. The molecule has 2 rings (SSSR count). The quantitative estimate of drug-likeness (QED) is 0.775. The van der Waals surface area contributed by atoms with Crippen molar-refractivity contribution in [2.45, 2.75) is 19.3 Å². The number of fused-ring (bicyclic) bond motifs is 1. The molecule has 2 N–H and O–H groups in total. The van der Waals surface area contributed by atoms with Gasteiger partial charge in [0, 0.05) is 11.5 Å². The van der Waals surface area contributed by atoms with Gasteiger partial charge in [-0.1, -0.05) is 17.7 Å². The summed E-state index contributed by atoms with van der Waals surface area (Å²) in [5.41, 5.74) is 8.05. The molecule has 76 valence electrons. The van der Waals surface area contributed by atoms with Crippen LogP contribution in [0.5, 0.6) is 5.75 Å². The highest BCUT2D eigenvalue weighted by atomic mass is 35.5. The van der Waals surface area contributed by atoms with Crippen molar-refractivity contribution in [1.29, 1.82) is 0 Å². The third-order valence-electron chi connectivity index (χ3n) is 2.65. The summed E-state index contributed by atoms with van der Waals surface area (Å²) in [6.07, 6.45) is 0.989. The van der Waals surface area contributed by atoms with Crippen LogP contribution in [0.4, 0.5) is 0 Å². The maximum absolute atomic E-state index is 6.10. The van der Waals surface area contributed by atoms with Gasteiger partial charge in [0.05, 0.1) is 11.6 Å². The molecule has 0 spiro atoms. The average Bonchev–Trinajstić information content (AvgIpc) is 2.17. The summed E-state index contributed by atoms with van der Waals surface area (Å²) in [4.78, 5) is 0. The maximum Gasteiger partial charge on any atom is 0.141 e. The van der Waals surface area contributed by atoms with E-state index in [0.29, 0.717) is 17.5 Å². The Balaban J connectivity index is 2.51. The molecule has 0 radical (unpaired) electrons. The van der Waals surface area contributed by atoms with E-state index in [1.165, 1.54) is 5.56 Å². The van der Waals surface area contributed by atoms with Crippen LogP contribution in [0.15, 0.2) is 12.1 Å². The molecule has 1 aliphatic rings. The Bertz CT molecular complexity index is 351. The number of rotatable bonds is 1. The topological polar surface area (TPSA) is 35.2 Å². The Hall–Kier alpha value is -0.730. The zero-order valence-corrected chi connectivity index (χ0v) is 8.97. The third-order valence-corrected chi connectivity index (χ3v) is 2.93. The normalized spacial score (nSPS) is 20.1. The fourth-order valence-electron chi connectivity index (χ4n) is 1.91. The van der Waals surface area contributed by atoms with Gasteiger partial charge in [0.25, 0.3) is 0 Å². The van der Waals surface area contributed by atoms with Crippen LogP contribution in [0.3, 0.4) is 0 Å². The molecular formula is C11H14ClNO. The number of halogens is 1. The number of benzene rings is 1. The molecular weight excluding hydrogens is 198 g/mol. The Morgan fingerprint density at radius 2 is 2.36 bits per heavy atom. The van der Waals surface area contributed by atoms with Gasteiger partial charge in [0.2, 0.25) is 0 Å². The van der Waals surface area contributed by atoms with Crippen LogP contribution in [0.1, 0.15) is 23.5 Å². The predicted octanol–water partition coefficient (Wildman–Crippen LogP) is 2.47. The lowest BCUT2D eigenvalue weighted by Gasteiger charge is -2.26. The first-order valence-corrected chi connectivity index (χ1v) is 5.23. The van der Waals surface area contributed by atoms with Crippen LogP contribution in [-0.4, -0.2) is 13.2 Å². The molecule has 1 heterocycles. The van der Waals surface area contributed by atoms with Gasteiger partial charge < -0.3 is 10.5 Å². The number of nitrogens with two attached hydrogens (primary N) is 1. The zero-order chi connectivity index (χ0) is 10.1. The highest BCUT2D eigenvalue weighted by molar-refractivity contribution is 6.32. The second-order valence-corrected chi connectivity index (χ2v) is 4.14. The molecule has 1 aromatic rings. The Kier molecular flexibility index (Phi) is 2.66. The van der Waals surface area contributed by atoms with Crippen LogP contribution in [0.25, 0.3) is 0 Å². The predicted molar refractivity (Wildman–Crippen MR) is 58.1 cm³/mol. The van der Waals surface area contributed by atoms with E-state index in [1.54, 1.807) is 0 Å². The van der Waals surface area contributed by atoms with Gasteiger partial charge in [-0.05, 0) is 31.5 Å². The summed E-state index contributed by atoms with van der Waals surface area (Å²) in [5, 5.41) is 0.707. The van der Waals surface area contributed by atoms with Crippen molar-refractivity contribution in [2.75, 3.05) is 13.2 Å². The molecule has 2 nitrogen and oxygen atoms in total. The first-order valence-electron chi connectivity index (χ1n) is 4.85. The first kappa shape index (κ1) is 9.81.